The van der Waals surface area contributed by atoms with Crippen molar-refractivity contribution in [1.29, 1.82) is 5.41 Å². The van der Waals surface area contributed by atoms with E-state index in [1.54, 1.807) is 14.2 Å². The number of benzene rings is 1. The van der Waals surface area contributed by atoms with Gasteiger partial charge in [-0.15, -0.1) is 0 Å². The van der Waals surface area contributed by atoms with Crippen LogP contribution in [0.25, 0.3) is 0 Å². The van der Waals surface area contributed by atoms with Crippen molar-refractivity contribution in [3.8, 4) is 5.75 Å². The lowest BCUT2D eigenvalue weighted by molar-refractivity contribution is 0.145. The molecule has 0 heterocycles. The van der Waals surface area contributed by atoms with Crippen molar-refractivity contribution in [2.24, 2.45) is 5.73 Å². The number of nitrogens with one attached hydrogen (secondary N) is 1. The molecule has 0 radical (unpaired) electrons. The molecule has 0 aromatic heterocycles. The lowest BCUT2D eigenvalue weighted by Gasteiger charge is -2.22. The summed E-state index contributed by atoms with van der Waals surface area (Å²) in [5.41, 5.74) is 6.60. The summed E-state index contributed by atoms with van der Waals surface area (Å²) < 4.78 is 11.3. The second kappa shape index (κ2) is 8.94. The number of nitrogens with zero attached hydrogens (tertiary/aromatic N) is 1. The Morgan fingerprint density at radius 2 is 2.10 bits per heavy atom. The first-order valence-electron chi connectivity index (χ1n) is 6.43. The van der Waals surface area contributed by atoms with Crippen LogP contribution in [0.2, 0.25) is 0 Å². The lowest BCUT2D eigenvalue weighted by Crippen LogP contribution is -2.30. The van der Waals surface area contributed by atoms with Crippen LogP contribution < -0.4 is 10.5 Å². The van der Waals surface area contributed by atoms with E-state index in [0.717, 1.165) is 29.9 Å². The quantitative estimate of drug-likeness (QED) is 0.532. The van der Waals surface area contributed by atoms with Crippen LogP contribution in [-0.4, -0.2) is 44.7 Å². The number of halogens is 1. The van der Waals surface area contributed by atoms with Gasteiger partial charge >= 0.3 is 0 Å². The molecule has 0 aliphatic rings. The summed E-state index contributed by atoms with van der Waals surface area (Å²) in [6, 6.07) is 6.03. The molecule has 0 saturated heterocycles. The van der Waals surface area contributed by atoms with E-state index < -0.39 is 0 Å². The zero-order chi connectivity index (χ0) is 15.0. The molecule has 1 rings (SSSR count). The van der Waals surface area contributed by atoms with E-state index in [9.17, 15) is 0 Å². The van der Waals surface area contributed by atoms with Gasteiger partial charge in [0.1, 0.15) is 5.75 Å². The van der Waals surface area contributed by atoms with Gasteiger partial charge in [-0.2, -0.15) is 0 Å². The first kappa shape index (κ1) is 16.9. The fourth-order valence-electron chi connectivity index (χ4n) is 1.84. The van der Waals surface area contributed by atoms with Crippen LogP contribution >= 0.6 is 15.9 Å². The molecule has 0 aliphatic carbocycles. The first-order valence-corrected chi connectivity index (χ1v) is 7.22. The molecule has 0 bridgehead atoms. The molecular weight excluding hydrogens is 322 g/mol. The number of hydrogen-bond acceptors (Lipinski definition) is 4. The Labute approximate surface area is 128 Å². The van der Waals surface area contributed by atoms with Gasteiger partial charge in [-0.1, -0.05) is 6.07 Å². The summed E-state index contributed by atoms with van der Waals surface area (Å²) in [6.07, 6.45) is 0.570. The molecule has 3 N–H and O–H groups in total. The van der Waals surface area contributed by atoms with E-state index in [-0.39, 0.29) is 5.84 Å². The fraction of sp³-hybridized carbons (Fsp3) is 0.500. The first-order chi connectivity index (χ1) is 9.56. The maximum atomic E-state index is 7.33. The van der Waals surface area contributed by atoms with Crippen molar-refractivity contribution < 1.29 is 9.47 Å². The minimum Gasteiger partial charge on any atom is -0.496 e. The molecule has 0 atom stereocenters. The highest BCUT2D eigenvalue weighted by molar-refractivity contribution is 9.10. The number of hydrogen-bond donors (Lipinski definition) is 2. The van der Waals surface area contributed by atoms with Gasteiger partial charge in [-0.05, 0) is 33.6 Å². The van der Waals surface area contributed by atoms with Gasteiger partial charge in [0.25, 0.3) is 0 Å². The Bertz CT molecular complexity index is 440. The molecule has 0 unspecified atom stereocenters. The van der Waals surface area contributed by atoms with E-state index >= 15 is 0 Å². The molecule has 1 aromatic carbocycles. The molecule has 0 fully saturated rings. The predicted molar refractivity (Wildman–Crippen MR) is 84.4 cm³/mol. The Morgan fingerprint density at radius 1 is 1.35 bits per heavy atom. The highest BCUT2D eigenvalue weighted by Crippen LogP contribution is 2.26. The molecule has 6 heteroatoms. The zero-order valence-electron chi connectivity index (χ0n) is 12.0. The molecule has 0 spiro atoms. The zero-order valence-corrected chi connectivity index (χ0v) is 13.6. The van der Waals surface area contributed by atoms with Crippen LogP contribution in [-0.2, 0) is 11.3 Å². The fourth-order valence-corrected chi connectivity index (χ4v) is 2.42. The Morgan fingerprint density at radius 3 is 2.65 bits per heavy atom. The van der Waals surface area contributed by atoms with Gasteiger partial charge in [-0.3, -0.25) is 10.3 Å². The SMILES string of the molecule is COCCN(CCC(=N)N)Cc1ccc(OC)c(Br)c1. The van der Waals surface area contributed by atoms with Crippen LogP contribution in [0.15, 0.2) is 22.7 Å². The van der Waals surface area contributed by atoms with Gasteiger partial charge in [0.05, 0.1) is 24.0 Å². The summed E-state index contributed by atoms with van der Waals surface area (Å²) in [4.78, 5) is 2.22. The van der Waals surface area contributed by atoms with Crippen molar-refractivity contribution in [2.75, 3.05) is 33.9 Å². The van der Waals surface area contributed by atoms with Gasteiger partial charge in [-0.25, -0.2) is 0 Å². The van der Waals surface area contributed by atoms with Gasteiger partial charge in [0.2, 0.25) is 0 Å². The second-order valence-corrected chi connectivity index (χ2v) is 5.37. The van der Waals surface area contributed by atoms with Gasteiger partial charge in [0, 0.05) is 33.2 Å². The molecule has 5 nitrogen and oxygen atoms in total. The number of amidine groups is 1. The standard InChI is InChI=1S/C14H22BrN3O2/c1-19-8-7-18(6-5-14(16)17)10-11-3-4-13(20-2)12(15)9-11/h3-4,9H,5-8,10H2,1-2H3,(H3,16,17). The van der Waals surface area contributed by atoms with Crippen molar-refractivity contribution in [2.45, 2.75) is 13.0 Å². The van der Waals surface area contributed by atoms with E-state index in [1.165, 1.54) is 5.56 Å². The molecule has 0 amide bonds. The maximum Gasteiger partial charge on any atom is 0.133 e. The van der Waals surface area contributed by atoms with Crippen molar-refractivity contribution in [1.82, 2.24) is 4.90 Å². The highest BCUT2D eigenvalue weighted by atomic mass is 79.9. The summed E-state index contributed by atoms with van der Waals surface area (Å²) in [6.45, 7) is 3.02. The van der Waals surface area contributed by atoms with Gasteiger partial charge in [0.15, 0.2) is 0 Å². The second-order valence-electron chi connectivity index (χ2n) is 4.51. The molecule has 0 aliphatic heterocycles. The third kappa shape index (κ3) is 5.90. The van der Waals surface area contributed by atoms with Gasteiger partial charge < -0.3 is 15.2 Å². The molecular formula is C14H22BrN3O2. The van der Waals surface area contributed by atoms with Crippen molar-refractivity contribution in [3.05, 3.63) is 28.2 Å². The maximum absolute atomic E-state index is 7.33. The number of ether oxygens (including phenoxy) is 2. The third-order valence-corrected chi connectivity index (χ3v) is 3.55. The molecule has 20 heavy (non-hydrogen) atoms. The summed E-state index contributed by atoms with van der Waals surface area (Å²) in [5.74, 6) is 1.03. The highest BCUT2D eigenvalue weighted by Gasteiger charge is 2.08. The van der Waals surface area contributed by atoms with E-state index in [2.05, 4.69) is 20.8 Å². The van der Waals surface area contributed by atoms with Crippen molar-refractivity contribution in [3.63, 3.8) is 0 Å². The summed E-state index contributed by atoms with van der Waals surface area (Å²) >= 11 is 3.49. The molecule has 1 aromatic rings. The normalized spacial score (nSPS) is 10.8. The third-order valence-electron chi connectivity index (χ3n) is 2.93. The molecule has 0 saturated carbocycles. The smallest absolute Gasteiger partial charge is 0.133 e. The van der Waals surface area contributed by atoms with Crippen LogP contribution in [0.1, 0.15) is 12.0 Å². The Hall–Kier alpha value is -1.11. The van der Waals surface area contributed by atoms with E-state index in [1.807, 2.05) is 18.2 Å². The minimum absolute atomic E-state index is 0.211. The van der Waals surface area contributed by atoms with Crippen molar-refractivity contribution >= 4 is 21.8 Å². The summed E-state index contributed by atoms with van der Waals surface area (Å²) in [7, 11) is 3.34. The van der Waals surface area contributed by atoms with Crippen LogP contribution in [0, 0.1) is 5.41 Å². The van der Waals surface area contributed by atoms with E-state index in [0.29, 0.717) is 13.0 Å². The average Bonchev–Trinajstić information content (AvgIpc) is 2.42. The number of rotatable bonds is 9. The predicted octanol–water partition coefficient (Wildman–Crippen LogP) is 2.23. The van der Waals surface area contributed by atoms with Crippen LogP contribution in [0.5, 0.6) is 5.75 Å². The van der Waals surface area contributed by atoms with Crippen LogP contribution in [0.4, 0.5) is 0 Å². The topological polar surface area (TPSA) is 71.6 Å². The number of methoxy groups -OCH3 is 2. The Kier molecular flexibility index (Phi) is 7.58. The largest absolute Gasteiger partial charge is 0.496 e. The van der Waals surface area contributed by atoms with E-state index in [4.69, 9.17) is 20.6 Å². The Balaban J connectivity index is 2.67. The molecule has 112 valence electrons. The van der Waals surface area contributed by atoms with Crippen LogP contribution in [0.3, 0.4) is 0 Å². The summed E-state index contributed by atoms with van der Waals surface area (Å²) in [5, 5.41) is 7.33. The monoisotopic (exact) mass is 343 g/mol. The lowest BCUT2D eigenvalue weighted by atomic mass is 10.2. The average molecular weight is 344 g/mol. The minimum atomic E-state index is 0.211. The number of nitrogens with two attached hydrogens (primary N) is 1.